The molecular formula is C37H39ClF3N5O3S. The van der Waals surface area contributed by atoms with Crippen LogP contribution in [0.25, 0.3) is 10.2 Å². The summed E-state index contributed by atoms with van der Waals surface area (Å²) in [6.45, 7) is 8.03. The first kappa shape index (κ1) is 34.4. The Labute approximate surface area is 297 Å². The lowest BCUT2D eigenvalue weighted by molar-refractivity contribution is -0.303. The van der Waals surface area contributed by atoms with Gasteiger partial charge in [-0.15, -0.1) is 24.5 Å². The molecule has 2 aromatic carbocycles. The van der Waals surface area contributed by atoms with Crippen LogP contribution >= 0.6 is 22.9 Å². The maximum Gasteiger partial charge on any atom is 0.573 e. The molecule has 2 aliphatic heterocycles. The molecule has 13 heteroatoms. The summed E-state index contributed by atoms with van der Waals surface area (Å²) < 4.78 is 42.9. The third kappa shape index (κ3) is 7.11. The number of amides is 2. The summed E-state index contributed by atoms with van der Waals surface area (Å²) in [7, 11) is 0. The highest BCUT2D eigenvalue weighted by Crippen LogP contribution is 2.58. The minimum atomic E-state index is -4.78. The number of rotatable bonds is 7. The van der Waals surface area contributed by atoms with E-state index in [2.05, 4.69) is 39.0 Å². The second-order valence-electron chi connectivity index (χ2n) is 13.8. The minimum absolute atomic E-state index is 0.0282. The van der Waals surface area contributed by atoms with E-state index >= 15 is 0 Å². The predicted molar refractivity (Wildman–Crippen MR) is 191 cm³/mol. The van der Waals surface area contributed by atoms with E-state index in [1.165, 1.54) is 23.8 Å². The number of allylic oxidation sites excluding steroid dienone is 2. The number of aromatic nitrogens is 1. The minimum Gasteiger partial charge on any atom is -0.506 e. The topological polar surface area (TPSA) is 90.0 Å². The molecule has 4 aliphatic rings. The molecule has 3 heterocycles. The third-order valence-corrected chi connectivity index (χ3v) is 11.2. The summed E-state index contributed by atoms with van der Waals surface area (Å²) in [4.78, 5) is 23.0. The zero-order valence-electron chi connectivity index (χ0n) is 27.8. The van der Waals surface area contributed by atoms with E-state index in [1.54, 1.807) is 11.3 Å². The zero-order chi connectivity index (χ0) is 35.2. The van der Waals surface area contributed by atoms with Crippen LogP contribution in [0.1, 0.15) is 50.5 Å². The molecular weight excluding hydrogens is 687 g/mol. The van der Waals surface area contributed by atoms with Crippen molar-refractivity contribution in [1.29, 1.82) is 0 Å². The molecule has 1 saturated heterocycles. The van der Waals surface area contributed by atoms with E-state index in [9.17, 15) is 23.1 Å². The summed E-state index contributed by atoms with van der Waals surface area (Å²) in [5.74, 6) is 0.440. The summed E-state index contributed by atoms with van der Waals surface area (Å²) in [5.41, 5.74) is 3.89. The molecule has 1 aromatic heterocycles. The van der Waals surface area contributed by atoms with Crippen LogP contribution in [0.3, 0.4) is 0 Å². The van der Waals surface area contributed by atoms with Crippen molar-refractivity contribution in [3.63, 3.8) is 0 Å². The van der Waals surface area contributed by atoms with Crippen LogP contribution < -0.4 is 15.5 Å². The number of urea groups is 1. The molecule has 8 nitrogen and oxygen atoms in total. The fourth-order valence-corrected chi connectivity index (χ4v) is 9.02. The Bertz CT molecular complexity index is 1910. The van der Waals surface area contributed by atoms with Crippen molar-refractivity contribution in [2.75, 3.05) is 36.4 Å². The first-order chi connectivity index (χ1) is 23.9. The van der Waals surface area contributed by atoms with E-state index in [-0.39, 0.29) is 29.3 Å². The number of hydrogen-bond acceptors (Lipinski definition) is 7. The molecule has 3 aromatic rings. The second-order valence-corrected chi connectivity index (χ2v) is 15.3. The van der Waals surface area contributed by atoms with Gasteiger partial charge in [0.05, 0.1) is 33.3 Å². The lowest BCUT2D eigenvalue weighted by Crippen LogP contribution is -2.45. The number of ether oxygens (including phenoxy) is 1. The number of anilines is 2. The molecule has 50 heavy (non-hydrogen) atoms. The van der Waals surface area contributed by atoms with Gasteiger partial charge in [-0.3, -0.25) is 0 Å². The number of carbonyl (C=O) groups excluding carboxylic acids is 1. The Morgan fingerprint density at radius 2 is 1.94 bits per heavy atom. The molecule has 1 spiro atoms. The normalized spacial score (nSPS) is 22.2. The fraction of sp³-hybridized carbons (Fsp3) is 0.405. The zero-order valence-corrected chi connectivity index (χ0v) is 29.3. The number of halogens is 4. The van der Waals surface area contributed by atoms with Gasteiger partial charge >= 0.3 is 12.4 Å². The average molecular weight is 726 g/mol. The fourth-order valence-electron chi connectivity index (χ4n) is 7.78. The number of alkyl halides is 3. The number of likely N-dealkylation sites (tertiary alicyclic amines) is 1. The van der Waals surface area contributed by atoms with Crippen molar-refractivity contribution in [1.82, 2.24) is 15.2 Å². The SMILES string of the molecule is CC(C)CN1CCC2(CC1)CN(c1ccccc1NC(=O)NC1C=CC(OC(F)(F)F)=CC1)C1=C2C(c2nc3cc(Cl)ccc3s2)CC=C1O. The van der Waals surface area contributed by atoms with E-state index in [0.29, 0.717) is 29.6 Å². The molecule has 1 fully saturated rings. The van der Waals surface area contributed by atoms with Crippen molar-refractivity contribution >= 4 is 50.6 Å². The smallest absolute Gasteiger partial charge is 0.506 e. The van der Waals surface area contributed by atoms with Crippen molar-refractivity contribution < 1.29 is 27.8 Å². The number of nitrogens with zero attached hydrogens (tertiary/aromatic N) is 3. The molecule has 0 bridgehead atoms. The summed E-state index contributed by atoms with van der Waals surface area (Å²) in [6, 6.07) is 12.3. The van der Waals surface area contributed by atoms with Gasteiger partial charge in [0.2, 0.25) is 0 Å². The maximum atomic E-state index is 13.3. The van der Waals surface area contributed by atoms with Crippen LogP contribution in [0.4, 0.5) is 29.3 Å². The third-order valence-electron chi connectivity index (χ3n) is 9.85. The van der Waals surface area contributed by atoms with E-state index in [4.69, 9.17) is 16.6 Å². The molecule has 0 radical (unpaired) electrons. The second kappa shape index (κ2) is 13.6. The number of nitrogens with one attached hydrogen (secondary N) is 2. The summed E-state index contributed by atoms with van der Waals surface area (Å²) in [5, 5.41) is 19.1. The molecule has 264 valence electrons. The number of fused-ring (bicyclic) bond motifs is 2. The van der Waals surface area contributed by atoms with E-state index in [1.807, 2.05) is 48.5 Å². The van der Waals surface area contributed by atoms with Crippen LogP contribution in [-0.4, -0.2) is 59.6 Å². The Morgan fingerprint density at radius 1 is 1.16 bits per heavy atom. The van der Waals surface area contributed by atoms with Crippen LogP contribution in [0.2, 0.25) is 5.02 Å². The molecule has 7 rings (SSSR count). The van der Waals surface area contributed by atoms with Crippen molar-refractivity contribution in [2.45, 2.75) is 57.9 Å². The van der Waals surface area contributed by atoms with Crippen LogP contribution in [-0.2, 0) is 4.74 Å². The number of benzene rings is 2. The number of piperidine rings is 1. The van der Waals surface area contributed by atoms with Gasteiger partial charge in [-0.1, -0.05) is 43.7 Å². The quantitative estimate of drug-likeness (QED) is 0.225. The lowest BCUT2D eigenvalue weighted by Gasteiger charge is -2.43. The predicted octanol–water partition coefficient (Wildman–Crippen LogP) is 9.26. The summed E-state index contributed by atoms with van der Waals surface area (Å²) in [6.07, 6.45) is 3.70. The largest absolute Gasteiger partial charge is 0.573 e. The molecule has 2 unspecified atom stereocenters. The molecule has 3 N–H and O–H groups in total. The van der Waals surface area contributed by atoms with Crippen molar-refractivity contribution in [3.8, 4) is 0 Å². The molecule has 0 saturated carbocycles. The monoisotopic (exact) mass is 725 g/mol. The van der Waals surface area contributed by atoms with Gasteiger partial charge in [-0.05, 0) is 98.8 Å². The Balaban J connectivity index is 1.19. The van der Waals surface area contributed by atoms with Gasteiger partial charge in [0.1, 0.15) is 16.5 Å². The van der Waals surface area contributed by atoms with Gasteiger partial charge in [0, 0.05) is 29.4 Å². The van der Waals surface area contributed by atoms with Crippen LogP contribution in [0.15, 0.2) is 89.6 Å². The highest BCUT2D eigenvalue weighted by atomic mass is 35.5. The Hall–Kier alpha value is -4.00. The van der Waals surface area contributed by atoms with Crippen LogP contribution in [0, 0.1) is 11.3 Å². The van der Waals surface area contributed by atoms with Crippen LogP contribution in [0.5, 0.6) is 0 Å². The summed E-state index contributed by atoms with van der Waals surface area (Å²) >= 11 is 7.99. The lowest BCUT2D eigenvalue weighted by atomic mass is 9.67. The number of aliphatic hydroxyl groups is 1. The van der Waals surface area contributed by atoms with Crippen molar-refractivity contribution in [3.05, 3.63) is 99.6 Å². The first-order valence-electron chi connectivity index (χ1n) is 16.9. The molecule has 2 amide bonds. The van der Waals surface area contributed by atoms with Gasteiger partial charge in [0.15, 0.2) is 0 Å². The number of para-hydroxylation sites is 2. The Kier molecular flexibility index (Phi) is 9.38. The maximum absolute atomic E-state index is 13.3. The number of aliphatic hydroxyl groups excluding tert-OH is 1. The number of carbonyl (C=O) groups is 1. The number of hydrogen-bond donors (Lipinski definition) is 3. The van der Waals surface area contributed by atoms with E-state index in [0.717, 1.165) is 59.1 Å². The number of thiazole rings is 1. The van der Waals surface area contributed by atoms with Crippen molar-refractivity contribution in [2.24, 2.45) is 11.3 Å². The average Bonchev–Trinajstić information content (AvgIpc) is 3.62. The Morgan fingerprint density at radius 3 is 2.66 bits per heavy atom. The van der Waals surface area contributed by atoms with Gasteiger partial charge < -0.3 is 30.3 Å². The first-order valence-corrected chi connectivity index (χ1v) is 18.1. The van der Waals surface area contributed by atoms with E-state index < -0.39 is 18.4 Å². The van der Waals surface area contributed by atoms with Gasteiger partial charge in [-0.2, -0.15) is 0 Å². The standard InChI is InChI=1S/C37H39ClF3N5O3S/c1-22(2)20-45-17-15-36(16-18-45)21-46(33-30(47)13-12-26(32(33)36)34-43-28-19-23(38)7-14-31(28)50-34)29-6-4-3-5-27(29)44-35(48)42-24-8-10-25(11-9-24)49-37(39,40)41/h3-8,10-11,13-14,19,22,24,26,47H,9,12,15-18,20-21H2,1-2H3,(H2,42,44,48). The highest BCUT2D eigenvalue weighted by molar-refractivity contribution is 7.18. The molecule has 2 aliphatic carbocycles. The highest BCUT2D eigenvalue weighted by Gasteiger charge is 2.52. The van der Waals surface area contributed by atoms with Gasteiger partial charge in [0.25, 0.3) is 0 Å². The van der Waals surface area contributed by atoms with Gasteiger partial charge in [-0.25, -0.2) is 9.78 Å². The molecule has 2 atom stereocenters.